The number of ether oxygens (including phenoxy) is 1. The van der Waals surface area contributed by atoms with Crippen LogP contribution in [0.4, 0.5) is 5.69 Å². The summed E-state index contributed by atoms with van der Waals surface area (Å²) >= 11 is 5.82. The number of piperazine rings is 1. The summed E-state index contributed by atoms with van der Waals surface area (Å²) < 4.78 is 5.63. The molecule has 1 aliphatic heterocycles. The van der Waals surface area contributed by atoms with Gasteiger partial charge in [-0.1, -0.05) is 17.7 Å². The van der Waals surface area contributed by atoms with Gasteiger partial charge in [0.15, 0.2) is 11.9 Å². The summed E-state index contributed by atoms with van der Waals surface area (Å²) in [6, 6.07) is 7.66. The normalized spacial score (nSPS) is 17.4. The predicted molar refractivity (Wildman–Crippen MR) is 107 cm³/mol. The molecule has 3 rings (SSSR count). The van der Waals surface area contributed by atoms with E-state index in [9.17, 15) is 14.9 Å². The van der Waals surface area contributed by atoms with Crippen LogP contribution in [0.3, 0.4) is 0 Å². The molecule has 1 aromatic heterocycles. The molecule has 0 bridgehead atoms. The van der Waals surface area contributed by atoms with Crippen LogP contribution >= 0.6 is 24.0 Å². The van der Waals surface area contributed by atoms with E-state index in [0.717, 1.165) is 5.56 Å². The monoisotopic (exact) mass is 426 g/mol. The lowest BCUT2D eigenvalue weighted by Crippen LogP contribution is -2.52. The highest BCUT2D eigenvalue weighted by Gasteiger charge is 2.32. The standard InChI is InChI=1S/C18H19ClN4O4.ClH/c1-12(27-17-5-4-14(19)9-15(17)23(25)26)18(24)22-8-7-21-11-16(22)13-3-2-6-20-10-13;/h2-6,9-10,12,16,21H,7-8,11H2,1H3;1H. The molecule has 0 radical (unpaired) electrons. The van der Waals surface area contributed by atoms with Gasteiger partial charge >= 0.3 is 5.69 Å². The summed E-state index contributed by atoms with van der Waals surface area (Å²) in [5, 5.41) is 14.7. The lowest BCUT2D eigenvalue weighted by molar-refractivity contribution is -0.386. The van der Waals surface area contributed by atoms with Gasteiger partial charge in [0.25, 0.3) is 5.91 Å². The lowest BCUT2D eigenvalue weighted by atomic mass is 10.0. The lowest BCUT2D eigenvalue weighted by Gasteiger charge is -2.37. The number of hydrogen-bond donors (Lipinski definition) is 1. The van der Waals surface area contributed by atoms with E-state index in [-0.39, 0.29) is 40.8 Å². The van der Waals surface area contributed by atoms with Gasteiger partial charge in [-0.15, -0.1) is 12.4 Å². The number of pyridine rings is 1. The fourth-order valence-corrected chi connectivity index (χ4v) is 3.21. The second-order valence-electron chi connectivity index (χ2n) is 6.17. The molecular formula is C18H20Cl2N4O4. The minimum atomic E-state index is -0.887. The van der Waals surface area contributed by atoms with Gasteiger partial charge in [-0.25, -0.2) is 0 Å². The smallest absolute Gasteiger partial charge is 0.312 e. The maximum Gasteiger partial charge on any atom is 0.312 e. The Morgan fingerprint density at radius 3 is 2.93 bits per heavy atom. The van der Waals surface area contributed by atoms with Crippen LogP contribution in [0.15, 0.2) is 42.7 Å². The highest BCUT2D eigenvalue weighted by Crippen LogP contribution is 2.31. The Morgan fingerprint density at radius 2 is 2.25 bits per heavy atom. The third-order valence-electron chi connectivity index (χ3n) is 4.36. The van der Waals surface area contributed by atoms with Gasteiger partial charge < -0.3 is 15.0 Å². The SMILES string of the molecule is CC(Oc1ccc(Cl)cc1[N+](=O)[O-])C(=O)N1CCNCC1c1cccnc1.Cl. The van der Waals surface area contributed by atoms with E-state index in [1.165, 1.54) is 18.2 Å². The molecule has 1 aromatic carbocycles. The first kappa shape index (κ1) is 21.9. The predicted octanol–water partition coefficient (Wildman–Crippen LogP) is 3.01. The van der Waals surface area contributed by atoms with Crippen LogP contribution in [0, 0.1) is 10.1 Å². The minimum Gasteiger partial charge on any atom is -0.474 e. The number of carbonyl (C=O) groups excluding carboxylic acids is 1. The van der Waals surface area contributed by atoms with Crippen molar-refractivity contribution < 1.29 is 14.5 Å². The molecule has 0 aliphatic carbocycles. The third kappa shape index (κ3) is 4.89. The van der Waals surface area contributed by atoms with Crippen LogP contribution in [-0.4, -0.2) is 46.5 Å². The summed E-state index contributed by atoms with van der Waals surface area (Å²) in [5.41, 5.74) is 0.647. The maximum atomic E-state index is 13.0. The molecular weight excluding hydrogens is 407 g/mol. The topological polar surface area (TPSA) is 97.6 Å². The van der Waals surface area contributed by atoms with Crippen molar-refractivity contribution in [2.75, 3.05) is 19.6 Å². The van der Waals surface area contributed by atoms with Crippen molar-refractivity contribution in [2.45, 2.75) is 19.1 Å². The first-order chi connectivity index (χ1) is 13.0. The van der Waals surface area contributed by atoms with Crippen LogP contribution in [0.2, 0.25) is 5.02 Å². The van der Waals surface area contributed by atoms with Crippen molar-refractivity contribution in [3.63, 3.8) is 0 Å². The zero-order chi connectivity index (χ0) is 19.4. The van der Waals surface area contributed by atoms with Crippen LogP contribution in [0.1, 0.15) is 18.5 Å². The Kier molecular flexibility index (Phi) is 7.56. The quantitative estimate of drug-likeness (QED) is 0.582. The van der Waals surface area contributed by atoms with Crippen LogP contribution in [0.25, 0.3) is 0 Å². The Labute approximate surface area is 173 Å². The van der Waals surface area contributed by atoms with Gasteiger partial charge in [-0.2, -0.15) is 0 Å². The van der Waals surface area contributed by atoms with Crippen molar-refractivity contribution in [1.82, 2.24) is 15.2 Å². The molecule has 1 amide bonds. The van der Waals surface area contributed by atoms with Gasteiger partial charge in [0.2, 0.25) is 0 Å². The Morgan fingerprint density at radius 1 is 1.46 bits per heavy atom. The second-order valence-corrected chi connectivity index (χ2v) is 6.60. The summed E-state index contributed by atoms with van der Waals surface area (Å²) in [5.74, 6) is -0.229. The van der Waals surface area contributed by atoms with Gasteiger partial charge in [0.1, 0.15) is 0 Å². The zero-order valence-corrected chi connectivity index (χ0v) is 16.7. The van der Waals surface area contributed by atoms with Crippen molar-refractivity contribution in [1.29, 1.82) is 0 Å². The first-order valence-corrected chi connectivity index (χ1v) is 8.87. The molecule has 1 N–H and O–H groups in total. The number of hydrogen-bond acceptors (Lipinski definition) is 6. The molecule has 1 fully saturated rings. The summed E-state index contributed by atoms with van der Waals surface area (Å²) in [6.07, 6.45) is 2.52. The fraction of sp³-hybridized carbons (Fsp3) is 0.333. The van der Waals surface area contributed by atoms with Gasteiger partial charge in [-0.3, -0.25) is 19.9 Å². The number of nitrogens with one attached hydrogen (secondary N) is 1. The Hall–Kier alpha value is -2.42. The molecule has 0 spiro atoms. The number of amides is 1. The highest BCUT2D eigenvalue weighted by molar-refractivity contribution is 6.30. The van der Waals surface area contributed by atoms with Gasteiger partial charge in [-0.05, 0) is 30.7 Å². The number of nitrogens with zero attached hydrogens (tertiary/aromatic N) is 3. The van der Waals surface area contributed by atoms with Gasteiger partial charge in [0.05, 0.1) is 11.0 Å². The van der Waals surface area contributed by atoms with E-state index in [2.05, 4.69) is 10.3 Å². The number of nitro groups is 1. The fourth-order valence-electron chi connectivity index (χ4n) is 3.05. The van der Waals surface area contributed by atoms with Crippen LogP contribution in [-0.2, 0) is 4.79 Å². The highest BCUT2D eigenvalue weighted by atomic mass is 35.5. The third-order valence-corrected chi connectivity index (χ3v) is 4.60. The molecule has 2 heterocycles. The second kappa shape index (κ2) is 9.68. The van der Waals surface area contributed by atoms with Gasteiger partial charge in [0, 0.05) is 43.1 Å². The zero-order valence-electron chi connectivity index (χ0n) is 15.1. The molecule has 2 unspecified atom stereocenters. The summed E-state index contributed by atoms with van der Waals surface area (Å²) in [6.45, 7) is 3.36. The van der Waals surface area contributed by atoms with Crippen molar-refractivity contribution in [3.8, 4) is 5.75 Å². The van der Waals surface area contributed by atoms with E-state index >= 15 is 0 Å². The largest absolute Gasteiger partial charge is 0.474 e. The van der Waals surface area contributed by atoms with E-state index in [1.54, 1.807) is 24.2 Å². The molecule has 1 saturated heterocycles. The molecule has 2 aromatic rings. The van der Waals surface area contributed by atoms with E-state index < -0.39 is 11.0 Å². The molecule has 10 heteroatoms. The number of halogens is 2. The molecule has 8 nitrogen and oxygen atoms in total. The maximum absolute atomic E-state index is 13.0. The van der Waals surface area contributed by atoms with Crippen molar-refractivity contribution in [3.05, 3.63) is 63.4 Å². The number of aromatic nitrogens is 1. The average molecular weight is 427 g/mol. The number of carbonyl (C=O) groups is 1. The average Bonchev–Trinajstić information content (AvgIpc) is 2.69. The van der Waals surface area contributed by atoms with E-state index in [0.29, 0.717) is 19.6 Å². The summed E-state index contributed by atoms with van der Waals surface area (Å²) in [4.78, 5) is 29.5. The molecule has 150 valence electrons. The Balaban J connectivity index is 0.00000280. The minimum absolute atomic E-state index is 0. The molecule has 2 atom stereocenters. The summed E-state index contributed by atoms with van der Waals surface area (Å²) in [7, 11) is 0. The molecule has 1 aliphatic rings. The molecule has 0 saturated carbocycles. The van der Waals surface area contributed by atoms with Crippen molar-refractivity contribution >= 4 is 35.6 Å². The number of nitro benzene ring substituents is 1. The van der Waals surface area contributed by atoms with Crippen LogP contribution in [0.5, 0.6) is 5.75 Å². The van der Waals surface area contributed by atoms with E-state index in [4.69, 9.17) is 16.3 Å². The Bertz CT molecular complexity index is 838. The first-order valence-electron chi connectivity index (χ1n) is 8.49. The number of benzene rings is 1. The molecule has 28 heavy (non-hydrogen) atoms. The van der Waals surface area contributed by atoms with Crippen LogP contribution < -0.4 is 10.1 Å². The number of rotatable bonds is 5. The van der Waals surface area contributed by atoms with Crippen molar-refractivity contribution in [2.24, 2.45) is 0 Å². The van der Waals surface area contributed by atoms with E-state index in [1.807, 2.05) is 12.1 Å².